The molecule has 1 rings (SSSR count). The van der Waals surface area contributed by atoms with Gasteiger partial charge in [0.15, 0.2) is 0 Å². The molecule has 0 aliphatic rings. The van der Waals surface area contributed by atoms with Crippen LogP contribution >= 0.6 is 11.6 Å². The number of carbonyl (C=O) groups is 1. The molecule has 0 atom stereocenters. The number of amides is 2. The van der Waals surface area contributed by atoms with Gasteiger partial charge in [0.2, 0.25) is 0 Å². The van der Waals surface area contributed by atoms with Gasteiger partial charge in [-0.05, 0) is 30.7 Å². The van der Waals surface area contributed by atoms with Gasteiger partial charge in [-0.2, -0.15) is 0 Å². The van der Waals surface area contributed by atoms with Gasteiger partial charge in [0.25, 0.3) is 0 Å². The number of carbonyl (C=O) groups excluding carboxylic acids is 1. The Balaban J connectivity index is 2.87. The lowest BCUT2D eigenvalue weighted by molar-refractivity contribution is 0.254. The van der Waals surface area contributed by atoms with E-state index in [1.165, 1.54) is 4.90 Å². The highest BCUT2D eigenvalue weighted by Gasteiger charge is 2.10. The molecule has 1 aromatic rings. The van der Waals surface area contributed by atoms with Crippen LogP contribution in [-0.4, -0.2) is 12.6 Å². The Morgan fingerprint density at radius 3 is 2.43 bits per heavy atom. The molecule has 0 spiro atoms. The second kappa shape index (κ2) is 4.86. The van der Waals surface area contributed by atoms with Crippen LogP contribution in [0, 0.1) is 0 Å². The SMILES string of the molecule is CCCN(C(N)=O)c1ccc(Cl)cc1. The molecule has 1 aromatic carbocycles. The van der Waals surface area contributed by atoms with E-state index in [1.54, 1.807) is 24.3 Å². The molecule has 0 fully saturated rings. The molecule has 0 bridgehead atoms. The van der Waals surface area contributed by atoms with Crippen LogP contribution in [0.25, 0.3) is 0 Å². The number of nitrogens with zero attached hydrogens (tertiary/aromatic N) is 1. The van der Waals surface area contributed by atoms with Crippen molar-refractivity contribution in [2.45, 2.75) is 13.3 Å². The first-order chi connectivity index (χ1) is 6.65. The van der Waals surface area contributed by atoms with E-state index in [0.29, 0.717) is 11.6 Å². The van der Waals surface area contributed by atoms with E-state index in [-0.39, 0.29) is 0 Å². The predicted octanol–water partition coefficient (Wildman–Crippen LogP) is 2.64. The van der Waals surface area contributed by atoms with Crippen molar-refractivity contribution >= 4 is 23.3 Å². The molecule has 0 heterocycles. The van der Waals surface area contributed by atoms with Gasteiger partial charge >= 0.3 is 6.03 Å². The summed E-state index contributed by atoms with van der Waals surface area (Å²) in [5.74, 6) is 0. The van der Waals surface area contributed by atoms with Crippen LogP contribution in [-0.2, 0) is 0 Å². The minimum atomic E-state index is -0.436. The van der Waals surface area contributed by atoms with Gasteiger partial charge < -0.3 is 5.73 Å². The van der Waals surface area contributed by atoms with Gasteiger partial charge in [-0.15, -0.1) is 0 Å². The summed E-state index contributed by atoms with van der Waals surface area (Å²) in [6.07, 6.45) is 0.867. The number of primary amides is 1. The zero-order valence-corrected chi connectivity index (χ0v) is 8.79. The van der Waals surface area contributed by atoms with Crippen molar-refractivity contribution in [3.05, 3.63) is 29.3 Å². The molecule has 2 amide bonds. The smallest absolute Gasteiger partial charge is 0.319 e. The first kappa shape index (κ1) is 10.9. The molecule has 2 N–H and O–H groups in total. The van der Waals surface area contributed by atoms with E-state index in [9.17, 15) is 4.79 Å². The maximum Gasteiger partial charge on any atom is 0.319 e. The number of rotatable bonds is 3. The van der Waals surface area contributed by atoms with Gasteiger partial charge in [-0.25, -0.2) is 4.79 Å². The number of halogens is 1. The molecular weight excluding hydrogens is 200 g/mol. The van der Waals surface area contributed by atoms with Crippen molar-refractivity contribution in [3.63, 3.8) is 0 Å². The molecule has 0 aromatic heterocycles. The quantitative estimate of drug-likeness (QED) is 0.823. The molecule has 14 heavy (non-hydrogen) atoms. The van der Waals surface area contributed by atoms with Gasteiger partial charge in [0, 0.05) is 17.3 Å². The molecule has 4 heteroatoms. The highest BCUT2D eigenvalue weighted by molar-refractivity contribution is 6.30. The summed E-state index contributed by atoms with van der Waals surface area (Å²) < 4.78 is 0. The Bertz CT molecular complexity index is 310. The number of urea groups is 1. The van der Waals surface area contributed by atoms with Crippen LogP contribution < -0.4 is 10.6 Å². The average Bonchev–Trinajstić information content (AvgIpc) is 2.15. The zero-order chi connectivity index (χ0) is 10.6. The largest absolute Gasteiger partial charge is 0.351 e. The van der Waals surface area contributed by atoms with Crippen molar-refractivity contribution in [2.24, 2.45) is 5.73 Å². The standard InChI is InChI=1S/C10H13ClN2O/c1-2-7-13(10(12)14)9-5-3-8(11)4-6-9/h3-6H,2,7H2,1H3,(H2,12,14). The van der Waals surface area contributed by atoms with Crippen LogP contribution in [0.4, 0.5) is 10.5 Å². The van der Waals surface area contributed by atoms with Crippen molar-refractivity contribution in [3.8, 4) is 0 Å². The van der Waals surface area contributed by atoms with Gasteiger partial charge in [0.05, 0.1) is 0 Å². The van der Waals surface area contributed by atoms with E-state index < -0.39 is 6.03 Å². The van der Waals surface area contributed by atoms with E-state index >= 15 is 0 Å². The summed E-state index contributed by atoms with van der Waals surface area (Å²) in [6, 6.07) is 6.60. The summed E-state index contributed by atoms with van der Waals surface area (Å²) in [4.78, 5) is 12.6. The average molecular weight is 213 g/mol. The van der Waals surface area contributed by atoms with Crippen molar-refractivity contribution in [2.75, 3.05) is 11.4 Å². The topological polar surface area (TPSA) is 46.3 Å². The highest BCUT2D eigenvalue weighted by atomic mass is 35.5. The molecule has 76 valence electrons. The molecule has 3 nitrogen and oxygen atoms in total. The van der Waals surface area contributed by atoms with E-state index in [4.69, 9.17) is 17.3 Å². The Hall–Kier alpha value is -1.22. The molecule has 0 unspecified atom stereocenters. The molecule has 0 saturated heterocycles. The number of nitrogens with two attached hydrogens (primary N) is 1. The van der Waals surface area contributed by atoms with Crippen molar-refractivity contribution in [1.82, 2.24) is 0 Å². The minimum absolute atomic E-state index is 0.436. The molecule has 0 radical (unpaired) electrons. The molecule has 0 aliphatic carbocycles. The maximum atomic E-state index is 11.1. The molecule has 0 aliphatic heterocycles. The third-order valence-corrected chi connectivity index (χ3v) is 2.10. The summed E-state index contributed by atoms with van der Waals surface area (Å²) in [5, 5.41) is 0.648. The van der Waals surface area contributed by atoms with Gasteiger partial charge in [0.1, 0.15) is 0 Å². The van der Waals surface area contributed by atoms with Crippen LogP contribution in [0.5, 0.6) is 0 Å². The molecular formula is C10H13ClN2O. The normalized spacial score (nSPS) is 9.86. The van der Waals surface area contributed by atoms with E-state index in [0.717, 1.165) is 12.1 Å². The summed E-state index contributed by atoms with van der Waals surface area (Å²) in [5.41, 5.74) is 6.03. The summed E-state index contributed by atoms with van der Waals surface area (Å²) in [7, 11) is 0. The van der Waals surface area contributed by atoms with Crippen LogP contribution in [0.1, 0.15) is 13.3 Å². The van der Waals surface area contributed by atoms with Crippen molar-refractivity contribution in [1.29, 1.82) is 0 Å². The lowest BCUT2D eigenvalue weighted by Crippen LogP contribution is -2.36. The number of hydrogen-bond acceptors (Lipinski definition) is 1. The van der Waals surface area contributed by atoms with Crippen molar-refractivity contribution < 1.29 is 4.79 Å². The Labute approximate surface area is 88.5 Å². The van der Waals surface area contributed by atoms with E-state index in [2.05, 4.69) is 0 Å². The van der Waals surface area contributed by atoms with E-state index in [1.807, 2.05) is 6.92 Å². The van der Waals surface area contributed by atoms with Gasteiger partial charge in [-0.1, -0.05) is 18.5 Å². The van der Waals surface area contributed by atoms with Crippen LogP contribution in [0.3, 0.4) is 0 Å². The van der Waals surface area contributed by atoms with Crippen LogP contribution in [0.15, 0.2) is 24.3 Å². The fourth-order valence-electron chi connectivity index (χ4n) is 1.21. The first-order valence-corrected chi connectivity index (χ1v) is 4.85. The number of hydrogen-bond donors (Lipinski definition) is 1. The molecule has 0 saturated carbocycles. The fourth-order valence-corrected chi connectivity index (χ4v) is 1.34. The Morgan fingerprint density at radius 1 is 1.43 bits per heavy atom. The number of benzene rings is 1. The second-order valence-corrected chi connectivity index (χ2v) is 3.40. The maximum absolute atomic E-state index is 11.1. The third kappa shape index (κ3) is 2.64. The highest BCUT2D eigenvalue weighted by Crippen LogP contribution is 2.17. The summed E-state index contributed by atoms with van der Waals surface area (Å²) in [6.45, 7) is 2.61. The second-order valence-electron chi connectivity index (χ2n) is 2.97. The van der Waals surface area contributed by atoms with Gasteiger partial charge in [-0.3, -0.25) is 4.90 Å². The minimum Gasteiger partial charge on any atom is -0.351 e. The third-order valence-electron chi connectivity index (χ3n) is 1.85. The Morgan fingerprint density at radius 2 is 2.00 bits per heavy atom. The summed E-state index contributed by atoms with van der Waals surface area (Å²) >= 11 is 5.74. The Kier molecular flexibility index (Phi) is 3.77. The lowest BCUT2D eigenvalue weighted by Gasteiger charge is -2.19. The lowest BCUT2D eigenvalue weighted by atomic mass is 10.3. The fraction of sp³-hybridized carbons (Fsp3) is 0.300. The van der Waals surface area contributed by atoms with Crippen LogP contribution in [0.2, 0.25) is 5.02 Å². The monoisotopic (exact) mass is 212 g/mol. The zero-order valence-electron chi connectivity index (χ0n) is 8.03. The predicted molar refractivity (Wildman–Crippen MR) is 58.7 cm³/mol. The number of anilines is 1. The first-order valence-electron chi connectivity index (χ1n) is 4.47.